The molecule has 0 bridgehead atoms. The molecule has 0 amide bonds. The second kappa shape index (κ2) is 6.04. The summed E-state index contributed by atoms with van der Waals surface area (Å²) in [5, 5.41) is 3.62. The fourth-order valence-corrected chi connectivity index (χ4v) is 2.77. The summed E-state index contributed by atoms with van der Waals surface area (Å²) in [6.07, 6.45) is 2.58. The van der Waals surface area contributed by atoms with E-state index in [2.05, 4.69) is 38.2 Å². The Morgan fingerprint density at radius 3 is 2.30 bits per heavy atom. The number of nitrogens with one attached hydrogen (secondary N) is 1. The molecule has 3 nitrogen and oxygen atoms in total. The Bertz CT molecular complexity index is 451. The third kappa shape index (κ3) is 3.45. The zero-order valence-electron chi connectivity index (χ0n) is 13.3. The minimum atomic E-state index is 0.192. The first kappa shape index (κ1) is 15.2. The number of hydrogen-bond donors (Lipinski definition) is 1. The van der Waals surface area contributed by atoms with Gasteiger partial charge in [-0.3, -0.25) is 0 Å². The third-order valence-corrected chi connectivity index (χ3v) is 4.15. The van der Waals surface area contributed by atoms with Crippen molar-refractivity contribution in [3.8, 4) is 11.5 Å². The predicted octanol–water partition coefficient (Wildman–Crippen LogP) is 3.59. The van der Waals surface area contributed by atoms with Gasteiger partial charge in [0.1, 0.15) is 0 Å². The first-order valence-corrected chi connectivity index (χ1v) is 7.41. The van der Waals surface area contributed by atoms with Crippen molar-refractivity contribution in [1.29, 1.82) is 0 Å². The van der Waals surface area contributed by atoms with Gasteiger partial charge in [0.2, 0.25) is 0 Å². The maximum atomic E-state index is 5.40. The topological polar surface area (TPSA) is 30.5 Å². The van der Waals surface area contributed by atoms with Crippen molar-refractivity contribution in [3.05, 3.63) is 23.8 Å². The summed E-state index contributed by atoms with van der Waals surface area (Å²) >= 11 is 0. The fraction of sp³-hybridized carbons (Fsp3) is 0.647. The van der Waals surface area contributed by atoms with Gasteiger partial charge >= 0.3 is 0 Å². The van der Waals surface area contributed by atoms with Crippen LogP contribution in [0.3, 0.4) is 0 Å². The van der Waals surface area contributed by atoms with E-state index in [0.717, 1.165) is 24.0 Å². The molecule has 112 valence electrons. The molecular weight excluding hydrogens is 250 g/mol. The fourth-order valence-electron chi connectivity index (χ4n) is 2.77. The molecule has 20 heavy (non-hydrogen) atoms. The molecule has 1 N–H and O–H groups in total. The van der Waals surface area contributed by atoms with E-state index >= 15 is 0 Å². The third-order valence-electron chi connectivity index (χ3n) is 4.15. The SMILES string of the molecule is COc1ccc(C2CCC2CNC(C)(C)C)cc1OC. The van der Waals surface area contributed by atoms with E-state index < -0.39 is 0 Å². The van der Waals surface area contributed by atoms with Gasteiger partial charge in [0.15, 0.2) is 11.5 Å². The molecule has 0 spiro atoms. The lowest BCUT2D eigenvalue weighted by Gasteiger charge is -2.39. The Labute approximate surface area is 122 Å². The van der Waals surface area contributed by atoms with Crippen molar-refractivity contribution in [2.45, 2.75) is 45.1 Å². The molecule has 1 aliphatic rings. The van der Waals surface area contributed by atoms with Crippen LogP contribution in [0.2, 0.25) is 0 Å². The van der Waals surface area contributed by atoms with Gasteiger partial charge in [-0.15, -0.1) is 0 Å². The van der Waals surface area contributed by atoms with Crippen LogP contribution in [-0.4, -0.2) is 26.3 Å². The molecule has 2 rings (SSSR count). The molecule has 1 aliphatic carbocycles. The number of rotatable bonds is 5. The van der Waals surface area contributed by atoms with Crippen LogP contribution in [0.4, 0.5) is 0 Å². The summed E-state index contributed by atoms with van der Waals surface area (Å²) < 4.78 is 10.7. The zero-order chi connectivity index (χ0) is 14.8. The Balaban J connectivity index is 2.04. The number of ether oxygens (including phenoxy) is 2. The Morgan fingerprint density at radius 1 is 1.10 bits per heavy atom. The predicted molar refractivity (Wildman–Crippen MR) is 82.8 cm³/mol. The van der Waals surface area contributed by atoms with Gasteiger partial charge in [-0.05, 0) is 69.7 Å². The molecule has 1 aromatic carbocycles. The molecule has 1 aromatic rings. The van der Waals surface area contributed by atoms with Crippen LogP contribution in [0.15, 0.2) is 18.2 Å². The van der Waals surface area contributed by atoms with E-state index in [1.807, 2.05) is 6.07 Å². The summed E-state index contributed by atoms with van der Waals surface area (Å²) in [4.78, 5) is 0. The Kier molecular flexibility index (Phi) is 4.59. The van der Waals surface area contributed by atoms with Crippen molar-refractivity contribution in [2.75, 3.05) is 20.8 Å². The standard InChI is InChI=1S/C17H27NO2/c1-17(2,3)18-11-13-6-8-14(13)12-7-9-15(19-4)16(10-12)20-5/h7,9-10,13-14,18H,6,8,11H2,1-5H3. The van der Waals surface area contributed by atoms with Gasteiger partial charge < -0.3 is 14.8 Å². The van der Waals surface area contributed by atoms with Gasteiger partial charge in [0, 0.05) is 5.54 Å². The molecule has 0 aliphatic heterocycles. The van der Waals surface area contributed by atoms with Crippen LogP contribution in [0.25, 0.3) is 0 Å². The van der Waals surface area contributed by atoms with E-state index in [-0.39, 0.29) is 5.54 Å². The lowest BCUT2D eigenvalue weighted by Crippen LogP contribution is -2.42. The average Bonchev–Trinajstić information content (AvgIpc) is 2.36. The summed E-state index contributed by atoms with van der Waals surface area (Å²) in [6, 6.07) is 6.32. The second-order valence-electron chi connectivity index (χ2n) is 6.69. The minimum Gasteiger partial charge on any atom is -0.493 e. The van der Waals surface area contributed by atoms with Crippen LogP contribution >= 0.6 is 0 Å². The number of benzene rings is 1. The van der Waals surface area contributed by atoms with E-state index in [9.17, 15) is 0 Å². The van der Waals surface area contributed by atoms with Gasteiger partial charge in [-0.2, -0.15) is 0 Å². The van der Waals surface area contributed by atoms with Crippen LogP contribution in [0, 0.1) is 5.92 Å². The van der Waals surface area contributed by atoms with Crippen LogP contribution in [0.5, 0.6) is 11.5 Å². The first-order chi connectivity index (χ1) is 9.44. The highest BCUT2D eigenvalue weighted by molar-refractivity contribution is 5.44. The van der Waals surface area contributed by atoms with Gasteiger partial charge in [-0.25, -0.2) is 0 Å². The quantitative estimate of drug-likeness (QED) is 0.892. The van der Waals surface area contributed by atoms with Gasteiger partial charge in [0.05, 0.1) is 14.2 Å². The largest absolute Gasteiger partial charge is 0.493 e. The summed E-state index contributed by atoms with van der Waals surface area (Å²) in [6.45, 7) is 7.74. The molecule has 2 unspecified atom stereocenters. The van der Waals surface area contributed by atoms with E-state index in [1.165, 1.54) is 18.4 Å². The minimum absolute atomic E-state index is 0.192. The molecule has 2 atom stereocenters. The summed E-state index contributed by atoms with van der Waals surface area (Å²) in [5.41, 5.74) is 1.56. The van der Waals surface area contributed by atoms with Gasteiger partial charge in [0.25, 0.3) is 0 Å². The van der Waals surface area contributed by atoms with E-state index in [0.29, 0.717) is 5.92 Å². The molecular formula is C17H27NO2. The number of hydrogen-bond acceptors (Lipinski definition) is 3. The lowest BCUT2D eigenvalue weighted by molar-refractivity contribution is 0.225. The maximum absolute atomic E-state index is 5.40. The van der Waals surface area contributed by atoms with Gasteiger partial charge in [-0.1, -0.05) is 6.07 Å². The highest BCUT2D eigenvalue weighted by Gasteiger charge is 2.33. The molecule has 0 saturated heterocycles. The summed E-state index contributed by atoms with van der Waals surface area (Å²) in [7, 11) is 3.37. The highest BCUT2D eigenvalue weighted by atomic mass is 16.5. The first-order valence-electron chi connectivity index (χ1n) is 7.41. The number of methoxy groups -OCH3 is 2. The van der Waals surface area contributed by atoms with Crippen LogP contribution < -0.4 is 14.8 Å². The Hall–Kier alpha value is -1.22. The van der Waals surface area contributed by atoms with Crippen molar-refractivity contribution < 1.29 is 9.47 Å². The zero-order valence-corrected chi connectivity index (χ0v) is 13.3. The smallest absolute Gasteiger partial charge is 0.160 e. The summed E-state index contributed by atoms with van der Waals surface area (Å²) in [5.74, 6) is 3.01. The molecule has 3 heteroatoms. The Morgan fingerprint density at radius 2 is 1.80 bits per heavy atom. The molecule has 1 fully saturated rings. The van der Waals surface area contributed by atoms with E-state index in [4.69, 9.17) is 9.47 Å². The molecule has 0 heterocycles. The second-order valence-corrected chi connectivity index (χ2v) is 6.69. The van der Waals surface area contributed by atoms with Crippen LogP contribution in [0.1, 0.15) is 45.1 Å². The lowest BCUT2D eigenvalue weighted by atomic mass is 9.69. The van der Waals surface area contributed by atoms with Crippen molar-refractivity contribution in [1.82, 2.24) is 5.32 Å². The van der Waals surface area contributed by atoms with Crippen molar-refractivity contribution >= 4 is 0 Å². The van der Waals surface area contributed by atoms with Crippen molar-refractivity contribution in [3.63, 3.8) is 0 Å². The molecule has 1 saturated carbocycles. The monoisotopic (exact) mass is 277 g/mol. The van der Waals surface area contributed by atoms with Crippen LogP contribution in [-0.2, 0) is 0 Å². The molecule has 0 radical (unpaired) electrons. The normalized spacial score (nSPS) is 22.2. The van der Waals surface area contributed by atoms with Crippen molar-refractivity contribution in [2.24, 2.45) is 5.92 Å². The van der Waals surface area contributed by atoms with E-state index in [1.54, 1.807) is 14.2 Å². The highest BCUT2D eigenvalue weighted by Crippen LogP contribution is 2.44. The average molecular weight is 277 g/mol. The molecule has 0 aromatic heterocycles. The maximum Gasteiger partial charge on any atom is 0.160 e.